The standard InChI is InChI=1S/C18H19BrN2O/c1-3-14-4-8-16(9-5-14)13(2)20-21-18(22)12-15-6-10-17(19)11-7-15/h4-11H,3,12H2,1-2H3,(H,21,22)/b20-13-. The Balaban J connectivity index is 1.94. The molecule has 2 rings (SSSR count). The lowest BCUT2D eigenvalue weighted by molar-refractivity contribution is -0.120. The van der Waals surface area contributed by atoms with Crippen LogP contribution >= 0.6 is 15.9 Å². The lowest BCUT2D eigenvalue weighted by Gasteiger charge is -2.04. The first-order valence-corrected chi connectivity index (χ1v) is 8.04. The van der Waals surface area contributed by atoms with Crippen molar-refractivity contribution in [2.75, 3.05) is 0 Å². The van der Waals surface area contributed by atoms with Crippen molar-refractivity contribution < 1.29 is 4.79 Å². The molecule has 1 amide bonds. The van der Waals surface area contributed by atoms with E-state index in [9.17, 15) is 4.79 Å². The highest BCUT2D eigenvalue weighted by atomic mass is 79.9. The number of benzene rings is 2. The van der Waals surface area contributed by atoms with E-state index < -0.39 is 0 Å². The predicted octanol–water partition coefficient (Wildman–Crippen LogP) is 4.09. The van der Waals surface area contributed by atoms with E-state index in [0.717, 1.165) is 27.7 Å². The fourth-order valence-corrected chi connectivity index (χ4v) is 2.28. The van der Waals surface area contributed by atoms with Gasteiger partial charge in [0.1, 0.15) is 0 Å². The summed E-state index contributed by atoms with van der Waals surface area (Å²) in [4.78, 5) is 11.9. The van der Waals surface area contributed by atoms with Crippen LogP contribution in [0.4, 0.5) is 0 Å². The zero-order chi connectivity index (χ0) is 15.9. The van der Waals surface area contributed by atoms with E-state index in [0.29, 0.717) is 6.42 Å². The molecule has 2 aromatic rings. The molecule has 0 aliphatic carbocycles. The number of carbonyl (C=O) groups excluding carboxylic acids is 1. The number of hydrazone groups is 1. The molecule has 0 fully saturated rings. The summed E-state index contributed by atoms with van der Waals surface area (Å²) in [6.07, 6.45) is 1.33. The van der Waals surface area contributed by atoms with Gasteiger partial charge in [-0.25, -0.2) is 5.43 Å². The Labute approximate surface area is 139 Å². The molecule has 0 atom stereocenters. The maximum absolute atomic E-state index is 11.9. The molecule has 0 aliphatic rings. The number of hydrogen-bond donors (Lipinski definition) is 1. The molecule has 3 nitrogen and oxygen atoms in total. The summed E-state index contributed by atoms with van der Waals surface area (Å²) in [5.41, 5.74) is 6.67. The van der Waals surface area contributed by atoms with Crippen molar-refractivity contribution >= 4 is 27.5 Å². The zero-order valence-corrected chi connectivity index (χ0v) is 14.4. The van der Waals surface area contributed by atoms with Crippen LogP contribution in [0.2, 0.25) is 0 Å². The first kappa shape index (κ1) is 16.4. The van der Waals surface area contributed by atoms with Gasteiger partial charge in [0.15, 0.2) is 0 Å². The zero-order valence-electron chi connectivity index (χ0n) is 12.8. The van der Waals surface area contributed by atoms with Crippen LogP contribution in [0, 0.1) is 0 Å². The van der Waals surface area contributed by atoms with Crippen LogP contribution in [0.1, 0.15) is 30.5 Å². The van der Waals surface area contributed by atoms with Crippen molar-refractivity contribution in [1.82, 2.24) is 5.43 Å². The summed E-state index contributed by atoms with van der Waals surface area (Å²) in [5, 5.41) is 4.17. The van der Waals surface area contributed by atoms with Gasteiger partial charge in [0.2, 0.25) is 5.91 Å². The molecule has 0 spiro atoms. The third-order valence-corrected chi connectivity index (χ3v) is 3.93. The van der Waals surface area contributed by atoms with Crippen molar-refractivity contribution in [3.63, 3.8) is 0 Å². The Morgan fingerprint density at radius 2 is 1.64 bits per heavy atom. The third kappa shape index (κ3) is 4.81. The first-order chi connectivity index (χ1) is 10.6. The topological polar surface area (TPSA) is 41.5 Å². The number of halogens is 1. The quantitative estimate of drug-likeness (QED) is 0.634. The van der Waals surface area contributed by atoms with Crippen LogP contribution in [0.25, 0.3) is 0 Å². The van der Waals surface area contributed by atoms with Gasteiger partial charge >= 0.3 is 0 Å². The van der Waals surface area contributed by atoms with Crippen molar-refractivity contribution in [2.24, 2.45) is 5.10 Å². The molecule has 0 bridgehead atoms. The average molecular weight is 359 g/mol. The van der Waals surface area contributed by atoms with Crippen molar-refractivity contribution in [1.29, 1.82) is 0 Å². The molecule has 0 unspecified atom stereocenters. The smallest absolute Gasteiger partial charge is 0.244 e. The number of amides is 1. The highest BCUT2D eigenvalue weighted by molar-refractivity contribution is 9.10. The Morgan fingerprint density at radius 1 is 1.05 bits per heavy atom. The van der Waals surface area contributed by atoms with Crippen LogP contribution < -0.4 is 5.43 Å². The lowest BCUT2D eigenvalue weighted by Crippen LogP contribution is -2.21. The fourth-order valence-electron chi connectivity index (χ4n) is 2.02. The second kappa shape index (κ2) is 7.90. The molecule has 0 saturated heterocycles. The van der Waals surface area contributed by atoms with Gasteiger partial charge in [-0.15, -0.1) is 0 Å². The van der Waals surface area contributed by atoms with Crippen molar-refractivity contribution in [3.8, 4) is 0 Å². The molecule has 2 aromatic carbocycles. The predicted molar refractivity (Wildman–Crippen MR) is 94.0 cm³/mol. The number of aryl methyl sites for hydroxylation is 1. The van der Waals surface area contributed by atoms with Crippen LogP contribution in [0.5, 0.6) is 0 Å². The maximum Gasteiger partial charge on any atom is 0.244 e. The Kier molecular flexibility index (Phi) is 5.90. The maximum atomic E-state index is 11.9. The Hall–Kier alpha value is -1.94. The minimum Gasteiger partial charge on any atom is -0.273 e. The molecule has 0 saturated carbocycles. The second-order valence-corrected chi connectivity index (χ2v) is 6.00. The van der Waals surface area contributed by atoms with Gasteiger partial charge in [0.05, 0.1) is 12.1 Å². The number of hydrogen-bond acceptors (Lipinski definition) is 2. The van der Waals surface area contributed by atoms with Gasteiger partial charge in [0, 0.05) is 4.47 Å². The summed E-state index contributed by atoms with van der Waals surface area (Å²) in [6.45, 7) is 4.01. The average Bonchev–Trinajstić information content (AvgIpc) is 2.55. The molecular formula is C18H19BrN2O. The second-order valence-electron chi connectivity index (χ2n) is 5.09. The van der Waals surface area contributed by atoms with Crippen molar-refractivity contribution in [3.05, 3.63) is 69.7 Å². The molecule has 0 radical (unpaired) electrons. The highest BCUT2D eigenvalue weighted by Gasteiger charge is 2.03. The lowest BCUT2D eigenvalue weighted by atomic mass is 10.1. The largest absolute Gasteiger partial charge is 0.273 e. The van der Waals surface area contributed by atoms with E-state index in [1.807, 2.05) is 43.3 Å². The molecule has 0 heterocycles. The van der Waals surface area contributed by atoms with Gasteiger partial charge in [-0.3, -0.25) is 4.79 Å². The summed E-state index contributed by atoms with van der Waals surface area (Å²) in [7, 11) is 0. The molecular weight excluding hydrogens is 340 g/mol. The Bertz CT molecular complexity index is 660. The van der Waals surface area contributed by atoms with Crippen LogP contribution in [-0.4, -0.2) is 11.6 Å². The number of rotatable bonds is 5. The first-order valence-electron chi connectivity index (χ1n) is 7.25. The van der Waals surface area contributed by atoms with Crippen LogP contribution in [0.15, 0.2) is 58.1 Å². The van der Waals surface area contributed by atoms with E-state index in [2.05, 4.69) is 45.5 Å². The molecule has 114 valence electrons. The number of nitrogens with zero attached hydrogens (tertiary/aromatic N) is 1. The normalized spacial score (nSPS) is 11.3. The fraction of sp³-hybridized carbons (Fsp3) is 0.222. The number of carbonyl (C=O) groups is 1. The Morgan fingerprint density at radius 3 is 2.23 bits per heavy atom. The van der Waals surface area contributed by atoms with E-state index in [1.165, 1.54) is 5.56 Å². The van der Waals surface area contributed by atoms with E-state index in [4.69, 9.17) is 0 Å². The molecule has 1 N–H and O–H groups in total. The van der Waals surface area contributed by atoms with Crippen LogP contribution in [0.3, 0.4) is 0 Å². The van der Waals surface area contributed by atoms with Crippen molar-refractivity contribution in [2.45, 2.75) is 26.7 Å². The minimum absolute atomic E-state index is 0.119. The van der Waals surface area contributed by atoms with Gasteiger partial charge in [0.25, 0.3) is 0 Å². The summed E-state index contributed by atoms with van der Waals surface area (Å²) < 4.78 is 1.00. The molecule has 4 heteroatoms. The van der Waals surface area contributed by atoms with Gasteiger partial charge in [-0.2, -0.15) is 5.10 Å². The summed E-state index contributed by atoms with van der Waals surface area (Å²) in [6, 6.07) is 15.9. The van der Waals surface area contributed by atoms with Gasteiger partial charge in [-0.1, -0.05) is 59.3 Å². The third-order valence-electron chi connectivity index (χ3n) is 3.41. The van der Waals surface area contributed by atoms with Crippen LogP contribution in [-0.2, 0) is 17.6 Å². The minimum atomic E-state index is -0.119. The SMILES string of the molecule is CCc1ccc(/C(C)=N\NC(=O)Cc2ccc(Br)cc2)cc1. The monoisotopic (exact) mass is 358 g/mol. The van der Waals surface area contributed by atoms with E-state index in [-0.39, 0.29) is 5.91 Å². The molecule has 22 heavy (non-hydrogen) atoms. The molecule has 0 aliphatic heterocycles. The highest BCUT2D eigenvalue weighted by Crippen LogP contribution is 2.11. The summed E-state index contributed by atoms with van der Waals surface area (Å²) >= 11 is 3.38. The van der Waals surface area contributed by atoms with E-state index >= 15 is 0 Å². The molecule has 0 aromatic heterocycles. The number of nitrogens with one attached hydrogen (secondary N) is 1. The van der Waals surface area contributed by atoms with E-state index in [1.54, 1.807) is 0 Å². The summed E-state index contributed by atoms with van der Waals surface area (Å²) in [5.74, 6) is -0.119. The van der Waals surface area contributed by atoms with Gasteiger partial charge in [-0.05, 0) is 42.2 Å². The van der Waals surface area contributed by atoms with Gasteiger partial charge < -0.3 is 0 Å².